The number of anilines is 2. The molecule has 0 aliphatic heterocycles. The zero-order valence-corrected chi connectivity index (χ0v) is 15.4. The van der Waals surface area contributed by atoms with E-state index in [1.807, 2.05) is 6.07 Å². The Bertz CT molecular complexity index is 954. The standard InChI is InChI=1S/C17H13BrClN3O3/c1-25-16(23)14-12-7-2-9(18)8-13(12)21-15(14)22-17(24)20-11-5-3-10(19)4-6-11/h2-8,21H,1H3,(H2,20,22,24). The highest BCUT2D eigenvalue weighted by atomic mass is 79.9. The summed E-state index contributed by atoms with van der Waals surface area (Å²) in [6.45, 7) is 0. The van der Waals surface area contributed by atoms with E-state index < -0.39 is 12.0 Å². The second-order valence-corrected chi connectivity index (χ2v) is 6.49. The molecule has 3 aromatic rings. The molecule has 3 N–H and O–H groups in total. The third-order valence-electron chi connectivity index (χ3n) is 3.49. The summed E-state index contributed by atoms with van der Waals surface area (Å²) in [4.78, 5) is 27.4. The molecule has 0 saturated carbocycles. The molecule has 128 valence electrons. The van der Waals surface area contributed by atoms with Gasteiger partial charge in [-0.2, -0.15) is 0 Å². The molecule has 0 fully saturated rings. The van der Waals surface area contributed by atoms with Crippen LogP contribution in [-0.2, 0) is 4.74 Å². The van der Waals surface area contributed by atoms with Gasteiger partial charge >= 0.3 is 12.0 Å². The Morgan fingerprint density at radius 1 is 1.12 bits per heavy atom. The Labute approximate surface area is 156 Å². The lowest BCUT2D eigenvalue weighted by Gasteiger charge is -2.08. The smallest absolute Gasteiger partial charge is 0.342 e. The summed E-state index contributed by atoms with van der Waals surface area (Å²) in [5, 5.41) is 6.53. The van der Waals surface area contributed by atoms with Crippen LogP contribution in [0.15, 0.2) is 46.9 Å². The minimum Gasteiger partial charge on any atom is -0.465 e. The van der Waals surface area contributed by atoms with Gasteiger partial charge in [0.05, 0.1) is 7.11 Å². The minimum atomic E-state index is -0.546. The van der Waals surface area contributed by atoms with Crippen LogP contribution in [0.1, 0.15) is 10.4 Å². The molecular weight excluding hydrogens is 410 g/mol. The lowest BCUT2D eigenvalue weighted by Crippen LogP contribution is -2.21. The molecule has 0 aliphatic carbocycles. The fraction of sp³-hybridized carbons (Fsp3) is 0.0588. The van der Waals surface area contributed by atoms with Crippen molar-refractivity contribution in [3.8, 4) is 0 Å². The number of esters is 1. The summed E-state index contributed by atoms with van der Waals surface area (Å²) in [7, 11) is 1.29. The highest BCUT2D eigenvalue weighted by molar-refractivity contribution is 9.10. The number of fused-ring (bicyclic) bond motifs is 1. The number of H-pyrrole nitrogens is 1. The maximum Gasteiger partial charge on any atom is 0.342 e. The van der Waals surface area contributed by atoms with Crippen molar-refractivity contribution in [1.82, 2.24) is 4.98 Å². The fourth-order valence-electron chi connectivity index (χ4n) is 2.39. The summed E-state index contributed by atoms with van der Waals surface area (Å²) < 4.78 is 5.67. The number of hydrogen-bond acceptors (Lipinski definition) is 3. The molecule has 3 rings (SSSR count). The van der Waals surface area contributed by atoms with E-state index in [-0.39, 0.29) is 11.4 Å². The monoisotopic (exact) mass is 421 g/mol. The molecule has 2 aromatic carbocycles. The number of halogens is 2. The Hall–Kier alpha value is -2.51. The Kier molecular flexibility index (Phi) is 4.96. The summed E-state index contributed by atoms with van der Waals surface area (Å²) >= 11 is 9.19. The lowest BCUT2D eigenvalue weighted by atomic mass is 10.1. The average molecular weight is 423 g/mol. The highest BCUT2D eigenvalue weighted by Crippen LogP contribution is 2.29. The van der Waals surface area contributed by atoms with Gasteiger partial charge in [0, 0.05) is 26.1 Å². The largest absolute Gasteiger partial charge is 0.465 e. The van der Waals surface area contributed by atoms with Gasteiger partial charge in [0.15, 0.2) is 0 Å². The number of urea groups is 1. The molecule has 2 amide bonds. The Morgan fingerprint density at radius 2 is 1.84 bits per heavy atom. The number of hydrogen-bond donors (Lipinski definition) is 3. The molecule has 1 aromatic heterocycles. The van der Waals surface area contributed by atoms with E-state index in [9.17, 15) is 9.59 Å². The lowest BCUT2D eigenvalue weighted by molar-refractivity contribution is 0.0604. The second kappa shape index (κ2) is 7.16. The van der Waals surface area contributed by atoms with E-state index in [0.29, 0.717) is 21.6 Å². The van der Waals surface area contributed by atoms with Crippen LogP contribution in [0.2, 0.25) is 5.02 Å². The molecule has 1 heterocycles. The van der Waals surface area contributed by atoms with E-state index in [4.69, 9.17) is 16.3 Å². The van der Waals surface area contributed by atoms with Gasteiger partial charge in [-0.25, -0.2) is 9.59 Å². The maximum atomic E-state index is 12.2. The summed E-state index contributed by atoms with van der Waals surface area (Å²) in [6.07, 6.45) is 0. The summed E-state index contributed by atoms with van der Waals surface area (Å²) in [5.74, 6) is -0.290. The third kappa shape index (κ3) is 3.78. The maximum absolute atomic E-state index is 12.2. The van der Waals surface area contributed by atoms with Crippen molar-refractivity contribution in [3.05, 3.63) is 57.5 Å². The number of rotatable bonds is 3. The molecule has 0 unspecified atom stereocenters. The van der Waals surface area contributed by atoms with Crippen molar-refractivity contribution in [1.29, 1.82) is 0 Å². The van der Waals surface area contributed by atoms with Crippen molar-refractivity contribution < 1.29 is 14.3 Å². The zero-order valence-electron chi connectivity index (χ0n) is 13.0. The fourth-order valence-corrected chi connectivity index (χ4v) is 2.87. The molecule has 8 heteroatoms. The Morgan fingerprint density at radius 3 is 2.52 bits per heavy atom. The molecule has 6 nitrogen and oxygen atoms in total. The van der Waals surface area contributed by atoms with Crippen molar-refractivity contribution in [2.45, 2.75) is 0 Å². The van der Waals surface area contributed by atoms with Crippen molar-refractivity contribution >= 4 is 61.9 Å². The summed E-state index contributed by atoms with van der Waals surface area (Å²) in [5.41, 5.74) is 1.52. The number of nitrogens with one attached hydrogen (secondary N) is 3. The number of aromatic nitrogens is 1. The van der Waals surface area contributed by atoms with E-state index >= 15 is 0 Å². The normalized spacial score (nSPS) is 10.5. The number of benzene rings is 2. The van der Waals surface area contributed by atoms with Crippen LogP contribution < -0.4 is 10.6 Å². The van der Waals surface area contributed by atoms with Gasteiger partial charge in [-0.05, 0) is 36.4 Å². The highest BCUT2D eigenvalue weighted by Gasteiger charge is 2.21. The first-order valence-corrected chi connectivity index (χ1v) is 8.38. The van der Waals surface area contributed by atoms with Gasteiger partial charge in [0.1, 0.15) is 11.4 Å². The van der Waals surface area contributed by atoms with Crippen LogP contribution in [0, 0.1) is 0 Å². The number of ether oxygens (including phenoxy) is 1. The molecule has 0 bridgehead atoms. The molecule has 25 heavy (non-hydrogen) atoms. The van der Waals surface area contributed by atoms with Gasteiger partial charge in [-0.1, -0.05) is 33.6 Å². The van der Waals surface area contributed by atoms with Crippen molar-refractivity contribution in [2.24, 2.45) is 0 Å². The van der Waals surface area contributed by atoms with E-state index in [0.717, 1.165) is 4.47 Å². The van der Waals surface area contributed by atoms with Gasteiger partial charge < -0.3 is 15.0 Å². The van der Waals surface area contributed by atoms with Gasteiger partial charge in [0.2, 0.25) is 0 Å². The van der Waals surface area contributed by atoms with Crippen molar-refractivity contribution in [2.75, 3.05) is 17.7 Å². The molecule has 0 atom stereocenters. The molecule has 0 aliphatic rings. The van der Waals surface area contributed by atoms with Crippen LogP contribution in [0.3, 0.4) is 0 Å². The first kappa shape index (κ1) is 17.3. The summed E-state index contributed by atoms with van der Waals surface area (Å²) in [6, 6.07) is 11.6. The second-order valence-electron chi connectivity index (χ2n) is 5.14. The number of amides is 2. The topological polar surface area (TPSA) is 83.2 Å². The van der Waals surface area contributed by atoms with Crippen LogP contribution in [0.5, 0.6) is 0 Å². The van der Waals surface area contributed by atoms with Crippen LogP contribution in [0.25, 0.3) is 10.9 Å². The van der Waals surface area contributed by atoms with Crippen LogP contribution >= 0.6 is 27.5 Å². The van der Waals surface area contributed by atoms with E-state index in [1.54, 1.807) is 36.4 Å². The van der Waals surface area contributed by atoms with Gasteiger partial charge in [-0.3, -0.25) is 5.32 Å². The number of carbonyl (C=O) groups excluding carboxylic acids is 2. The molecule has 0 spiro atoms. The predicted molar refractivity (Wildman–Crippen MR) is 101 cm³/mol. The van der Waals surface area contributed by atoms with Crippen LogP contribution in [0.4, 0.5) is 16.3 Å². The average Bonchev–Trinajstić information content (AvgIpc) is 2.92. The third-order valence-corrected chi connectivity index (χ3v) is 4.24. The molecule has 0 saturated heterocycles. The minimum absolute atomic E-state index is 0.256. The Balaban J connectivity index is 1.90. The molecular formula is C17H13BrClN3O3. The first-order valence-electron chi connectivity index (χ1n) is 7.21. The number of methoxy groups -OCH3 is 1. The molecule has 0 radical (unpaired) electrons. The van der Waals surface area contributed by atoms with Gasteiger partial charge in [-0.15, -0.1) is 0 Å². The van der Waals surface area contributed by atoms with E-state index in [2.05, 4.69) is 31.5 Å². The number of aromatic amines is 1. The number of carbonyl (C=O) groups is 2. The first-order chi connectivity index (χ1) is 12.0. The quantitative estimate of drug-likeness (QED) is 0.519. The van der Waals surface area contributed by atoms with Crippen molar-refractivity contribution in [3.63, 3.8) is 0 Å². The van der Waals surface area contributed by atoms with Crippen LogP contribution in [-0.4, -0.2) is 24.1 Å². The van der Waals surface area contributed by atoms with Gasteiger partial charge in [0.25, 0.3) is 0 Å². The SMILES string of the molecule is COC(=O)c1c(NC(=O)Nc2ccc(Cl)cc2)[nH]c2cc(Br)ccc12. The van der Waals surface area contributed by atoms with E-state index in [1.165, 1.54) is 7.11 Å². The zero-order chi connectivity index (χ0) is 18.0. The predicted octanol–water partition coefficient (Wildman–Crippen LogP) is 5.01.